The Hall–Kier alpha value is -2.51. The van der Waals surface area contributed by atoms with E-state index in [1.165, 1.54) is 18.2 Å². The largest absolute Gasteiger partial charge is 0.468 e. The maximum Gasteiger partial charge on any atom is 0.189 e. The van der Waals surface area contributed by atoms with Crippen molar-refractivity contribution in [2.45, 2.75) is 25.7 Å². The van der Waals surface area contributed by atoms with Crippen LogP contribution in [0.25, 0.3) is 22.0 Å². The molecule has 0 spiro atoms. The predicted octanol–water partition coefficient (Wildman–Crippen LogP) is 5.45. The lowest BCUT2D eigenvalue weighted by molar-refractivity contribution is 0.0221. The van der Waals surface area contributed by atoms with E-state index in [0.29, 0.717) is 17.7 Å². The smallest absolute Gasteiger partial charge is 0.189 e. The van der Waals surface area contributed by atoms with E-state index in [1.807, 2.05) is 0 Å². The molecule has 4 nitrogen and oxygen atoms in total. The SMILES string of the molecule is C[Si](C)(C)CCOCOc1cc(-c2nc(N)ccc2F)c2c(F)cccc2c1. The quantitative estimate of drug-likeness (QED) is 0.324. The number of anilines is 1. The van der Waals surface area contributed by atoms with Gasteiger partial charge in [-0.1, -0.05) is 31.8 Å². The molecule has 1 heterocycles. The lowest BCUT2D eigenvalue weighted by Gasteiger charge is -2.16. The van der Waals surface area contributed by atoms with Crippen LogP contribution in [0.1, 0.15) is 0 Å². The molecule has 0 radical (unpaired) electrons. The van der Waals surface area contributed by atoms with E-state index in [9.17, 15) is 8.78 Å². The van der Waals surface area contributed by atoms with Gasteiger partial charge in [0.05, 0.1) is 0 Å². The second-order valence-electron chi connectivity index (χ2n) is 7.86. The molecule has 0 aliphatic carbocycles. The Morgan fingerprint density at radius 1 is 1.04 bits per heavy atom. The first-order chi connectivity index (χ1) is 13.2. The molecule has 7 heteroatoms. The van der Waals surface area contributed by atoms with Crippen molar-refractivity contribution in [3.8, 4) is 17.0 Å². The molecule has 3 rings (SSSR count). The summed E-state index contributed by atoms with van der Waals surface area (Å²) in [6.07, 6.45) is 0. The number of rotatable bonds is 7. The zero-order chi connectivity index (χ0) is 20.3. The van der Waals surface area contributed by atoms with Crippen LogP contribution < -0.4 is 10.5 Å². The molecule has 148 valence electrons. The summed E-state index contributed by atoms with van der Waals surface area (Å²) < 4.78 is 40.2. The molecule has 0 fully saturated rings. The van der Waals surface area contributed by atoms with E-state index in [4.69, 9.17) is 15.2 Å². The van der Waals surface area contributed by atoms with Crippen molar-refractivity contribution in [2.75, 3.05) is 19.1 Å². The molecule has 0 saturated heterocycles. The van der Waals surface area contributed by atoms with Crippen molar-refractivity contribution in [3.05, 3.63) is 54.1 Å². The number of hydrogen-bond donors (Lipinski definition) is 1. The molecule has 0 aliphatic rings. The second-order valence-corrected chi connectivity index (χ2v) is 13.5. The third-order valence-electron chi connectivity index (χ3n) is 4.33. The number of pyridine rings is 1. The fourth-order valence-electron chi connectivity index (χ4n) is 2.82. The van der Waals surface area contributed by atoms with Crippen molar-refractivity contribution in [2.24, 2.45) is 0 Å². The molecule has 28 heavy (non-hydrogen) atoms. The fourth-order valence-corrected chi connectivity index (χ4v) is 3.57. The Kier molecular flexibility index (Phi) is 5.95. The van der Waals surface area contributed by atoms with E-state index >= 15 is 0 Å². The van der Waals surface area contributed by atoms with Crippen molar-refractivity contribution in [3.63, 3.8) is 0 Å². The van der Waals surface area contributed by atoms with Crippen LogP contribution >= 0.6 is 0 Å². The fraction of sp³-hybridized carbons (Fsp3) is 0.286. The summed E-state index contributed by atoms with van der Waals surface area (Å²) in [6.45, 7) is 7.51. The molecule has 0 atom stereocenters. The van der Waals surface area contributed by atoms with Crippen molar-refractivity contribution >= 4 is 24.7 Å². The summed E-state index contributed by atoms with van der Waals surface area (Å²) in [4.78, 5) is 4.07. The topological polar surface area (TPSA) is 57.4 Å². The average molecular weight is 403 g/mol. The molecule has 3 aromatic rings. The molecule has 0 unspecified atom stereocenters. The number of benzene rings is 2. The number of nitrogens with two attached hydrogens (primary N) is 1. The summed E-state index contributed by atoms with van der Waals surface area (Å²) >= 11 is 0. The zero-order valence-corrected chi connectivity index (χ0v) is 17.3. The Labute approximate surface area is 164 Å². The van der Waals surface area contributed by atoms with Gasteiger partial charge in [-0.05, 0) is 41.8 Å². The molecule has 0 aliphatic heterocycles. The summed E-state index contributed by atoms with van der Waals surface area (Å²) in [5, 5.41) is 0.852. The van der Waals surface area contributed by atoms with E-state index < -0.39 is 19.7 Å². The normalized spacial score (nSPS) is 11.8. The minimum absolute atomic E-state index is 0.0137. The second kappa shape index (κ2) is 8.24. The minimum Gasteiger partial charge on any atom is -0.468 e. The molecule has 1 aromatic heterocycles. The zero-order valence-electron chi connectivity index (χ0n) is 16.3. The third kappa shape index (κ3) is 4.85. The molecule has 0 amide bonds. The maximum absolute atomic E-state index is 14.5. The van der Waals surface area contributed by atoms with Crippen molar-refractivity contribution in [1.29, 1.82) is 0 Å². The molecular formula is C21H24F2N2O2Si. The highest BCUT2D eigenvalue weighted by atomic mass is 28.3. The van der Waals surface area contributed by atoms with Gasteiger partial charge >= 0.3 is 0 Å². The van der Waals surface area contributed by atoms with Gasteiger partial charge in [0.15, 0.2) is 6.79 Å². The third-order valence-corrected chi connectivity index (χ3v) is 6.03. The van der Waals surface area contributed by atoms with E-state index in [2.05, 4.69) is 24.6 Å². The first-order valence-corrected chi connectivity index (χ1v) is 12.8. The van der Waals surface area contributed by atoms with Crippen LogP contribution in [0.5, 0.6) is 5.75 Å². The van der Waals surface area contributed by atoms with Gasteiger partial charge in [-0.3, -0.25) is 0 Å². The Balaban J connectivity index is 1.92. The maximum atomic E-state index is 14.5. The van der Waals surface area contributed by atoms with E-state index in [-0.39, 0.29) is 29.3 Å². The number of fused-ring (bicyclic) bond motifs is 1. The van der Waals surface area contributed by atoms with Gasteiger partial charge in [0.2, 0.25) is 0 Å². The highest BCUT2D eigenvalue weighted by molar-refractivity contribution is 6.76. The van der Waals surface area contributed by atoms with Gasteiger partial charge in [-0.2, -0.15) is 0 Å². The Morgan fingerprint density at radius 2 is 1.82 bits per heavy atom. The van der Waals surface area contributed by atoms with E-state index in [1.54, 1.807) is 24.3 Å². The highest BCUT2D eigenvalue weighted by Crippen LogP contribution is 2.35. The van der Waals surface area contributed by atoms with Crippen LogP contribution in [0.15, 0.2) is 42.5 Å². The van der Waals surface area contributed by atoms with Gasteiger partial charge in [0.1, 0.15) is 28.9 Å². The number of nitrogens with zero attached hydrogens (tertiary/aromatic N) is 1. The number of ether oxygens (including phenoxy) is 2. The minimum atomic E-state index is -1.18. The van der Waals surface area contributed by atoms with Crippen LogP contribution in [-0.4, -0.2) is 26.5 Å². The summed E-state index contributed by atoms with van der Waals surface area (Å²) in [5.41, 5.74) is 5.99. The van der Waals surface area contributed by atoms with Crippen LogP contribution in [0.2, 0.25) is 25.7 Å². The number of nitrogen functional groups attached to an aromatic ring is 1. The van der Waals surface area contributed by atoms with Gasteiger partial charge in [-0.25, -0.2) is 13.8 Å². The monoisotopic (exact) mass is 402 g/mol. The molecule has 2 N–H and O–H groups in total. The highest BCUT2D eigenvalue weighted by Gasteiger charge is 2.16. The lowest BCUT2D eigenvalue weighted by Crippen LogP contribution is -2.22. The number of hydrogen-bond acceptors (Lipinski definition) is 4. The van der Waals surface area contributed by atoms with Crippen LogP contribution in [0.4, 0.5) is 14.6 Å². The standard InChI is InChI=1S/C21H24F2N2O2Si/c1-28(2,3)10-9-26-13-27-15-11-14-5-4-6-17(22)20(14)16(12-15)21-18(23)7-8-19(24)25-21/h4-8,11-12H,9-10,13H2,1-3H3,(H2,24,25). The van der Waals surface area contributed by atoms with Crippen molar-refractivity contribution < 1.29 is 18.3 Å². The predicted molar refractivity (Wildman–Crippen MR) is 111 cm³/mol. The first kappa shape index (κ1) is 20.2. The lowest BCUT2D eigenvalue weighted by atomic mass is 10.00. The molecular weight excluding hydrogens is 378 g/mol. The van der Waals surface area contributed by atoms with Gasteiger partial charge in [0, 0.05) is 25.6 Å². The average Bonchev–Trinajstić information content (AvgIpc) is 2.62. The van der Waals surface area contributed by atoms with Crippen LogP contribution in [0.3, 0.4) is 0 Å². The Bertz CT molecular complexity index is 990. The number of halogens is 2. The summed E-state index contributed by atoms with van der Waals surface area (Å²) in [7, 11) is -1.18. The van der Waals surface area contributed by atoms with Gasteiger partial charge < -0.3 is 15.2 Å². The molecule has 2 aromatic carbocycles. The first-order valence-electron chi connectivity index (χ1n) is 9.10. The van der Waals surface area contributed by atoms with Crippen molar-refractivity contribution in [1.82, 2.24) is 4.98 Å². The van der Waals surface area contributed by atoms with Crippen LogP contribution in [0, 0.1) is 11.6 Å². The molecule has 0 saturated carbocycles. The molecule has 0 bridgehead atoms. The summed E-state index contributed by atoms with van der Waals surface area (Å²) in [6, 6.07) is 11.6. The Morgan fingerprint density at radius 3 is 2.57 bits per heavy atom. The van der Waals surface area contributed by atoms with E-state index in [0.717, 1.165) is 6.04 Å². The number of aromatic nitrogens is 1. The van der Waals surface area contributed by atoms with Crippen LogP contribution in [-0.2, 0) is 4.74 Å². The summed E-state index contributed by atoms with van der Waals surface area (Å²) in [5.74, 6) is -0.442. The van der Waals surface area contributed by atoms with Gasteiger partial charge in [-0.15, -0.1) is 0 Å². The van der Waals surface area contributed by atoms with Gasteiger partial charge in [0.25, 0.3) is 0 Å².